The SMILES string of the molecule is COCC(C)CNC(=O)c1cc(N)c(C)s1. The lowest BCUT2D eigenvalue weighted by Crippen LogP contribution is -2.29. The first-order valence-corrected chi connectivity index (χ1v) is 5.99. The van der Waals surface area contributed by atoms with Gasteiger partial charge in [0.05, 0.1) is 11.5 Å². The van der Waals surface area contributed by atoms with E-state index in [1.54, 1.807) is 13.2 Å². The van der Waals surface area contributed by atoms with E-state index in [0.717, 1.165) is 4.88 Å². The van der Waals surface area contributed by atoms with Crippen LogP contribution >= 0.6 is 11.3 Å². The molecule has 0 saturated heterocycles. The first-order chi connectivity index (χ1) is 7.54. The summed E-state index contributed by atoms with van der Waals surface area (Å²) in [5.74, 6) is 0.250. The molecule has 1 unspecified atom stereocenters. The van der Waals surface area contributed by atoms with Gasteiger partial charge in [-0.05, 0) is 18.9 Å². The molecule has 0 aliphatic heterocycles. The highest BCUT2D eigenvalue weighted by Gasteiger charge is 2.11. The summed E-state index contributed by atoms with van der Waals surface area (Å²) in [7, 11) is 1.65. The number of anilines is 1. The average molecular weight is 242 g/mol. The van der Waals surface area contributed by atoms with Gasteiger partial charge in [0.1, 0.15) is 0 Å². The number of thiophene rings is 1. The number of hydrogen-bond acceptors (Lipinski definition) is 4. The van der Waals surface area contributed by atoms with E-state index in [4.69, 9.17) is 10.5 Å². The molecule has 0 radical (unpaired) electrons. The second kappa shape index (κ2) is 5.86. The summed E-state index contributed by atoms with van der Waals surface area (Å²) in [6.45, 7) is 5.19. The molecule has 0 fully saturated rings. The van der Waals surface area contributed by atoms with Crippen molar-refractivity contribution in [2.75, 3.05) is 26.0 Å². The molecule has 0 bridgehead atoms. The fourth-order valence-corrected chi connectivity index (χ4v) is 2.16. The zero-order valence-corrected chi connectivity index (χ0v) is 10.7. The monoisotopic (exact) mass is 242 g/mol. The van der Waals surface area contributed by atoms with Gasteiger partial charge in [0, 0.05) is 24.2 Å². The van der Waals surface area contributed by atoms with E-state index in [1.807, 2.05) is 13.8 Å². The van der Waals surface area contributed by atoms with Gasteiger partial charge in [-0.1, -0.05) is 6.92 Å². The van der Waals surface area contributed by atoms with Gasteiger partial charge in [-0.3, -0.25) is 4.79 Å². The van der Waals surface area contributed by atoms with E-state index in [9.17, 15) is 4.79 Å². The van der Waals surface area contributed by atoms with Crippen LogP contribution in [0.15, 0.2) is 6.07 Å². The van der Waals surface area contributed by atoms with E-state index in [1.165, 1.54) is 11.3 Å². The molecule has 5 heteroatoms. The summed E-state index contributed by atoms with van der Waals surface area (Å²) in [6.07, 6.45) is 0. The normalized spacial score (nSPS) is 12.4. The van der Waals surface area contributed by atoms with E-state index < -0.39 is 0 Å². The van der Waals surface area contributed by atoms with Crippen LogP contribution in [0.3, 0.4) is 0 Å². The van der Waals surface area contributed by atoms with Crippen LogP contribution in [0.2, 0.25) is 0 Å². The maximum Gasteiger partial charge on any atom is 0.261 e. The minimum atomic E-state index is -0.0623. The summed E-state index contributed by atoms with van der Waals surface area (Å²) in [6, 6.07) is 1.72. The Morgan fingerprint density at radius 2 is 2.38 bits per heavy atom. The molecule has 1 amide bonds. The molecule has 1 rings (SSSR count). The highest BCUT2D eigenvalue weighted by atomic mass is 32.1. The fourth-order valence-electron chi connectivity index (χ4n) is 1.31. The van der Waals surface area contributed by atoms with Gasteiger partial charge in [0.2, 0.25) is 0 Å². The smallest absolute Gasteiger partial charge is 0.261 e. The Kier molecular flexibility index (Phi) is 4.76. The highest BCUT2D eigenvalue weighted by molar-refractivity contribution is 7.14. The third-order valence-corrected chi connectivity index (χ3v) is 3.31. The van der Waals surface area contributed by atoms with Crippen molar-refractivity contribution >= 4 is 22.9 Å². The number of aryl methyl sites for hydroxylation is 1. The van der Waals surface area contributed by atoms with Crippen LogP contribution in [0.5, 0.6) is 0 Å². The Hall–Kier alpha value is -1.07. The zero-order valence-electron chi connectivity index (χ0n) is 9.87. The molecule has 16 heavy (non-hydrogen) atoms. The lowest BCUT2D eigenvalue weighted by Gasteiger charge is -2.10. The molecule has 1 aromatic heterocycles. The lowest BCUT2D eigenvalue weighted by atomic mass is 10.2. The van der Waals surface area contributed by atoms with Crippen molar-refractivity contribution in [2.24, 2.45) is 5.92 Å². The molecule has 0 spiro atoms. The van der Waals surface area contributed by atoms with Crippen molar-refractivity contribution < 1.29 is 9.53 Å². The number of amides is 1. The number of nitrogen functional groups attached to an aromatic ring is 1. The number of nitrogens with two attached hydrogens (primary N) is 1. The number of ether oxygens (including phenoxy) is 1. The Morgan fingerprint density at radius 3 is 2.88 bits per heavy atom. The van der Waals surface area contributed by atoms with Gasteiger partial charge < -0.3 is 15.8 Å². The Morgan fingerprint density at radius 1 is 1.69 bits per heavy atom. The van der Waals surface area contributed by atoms with Crippen molar-refractivity contribution in [3.8, 4) is 0 Å². The molecule has 1 heterocycles. The summed E-state index contributed by atoms with van der Waals surface area (Å²) in [5.41, 5.74) is 6.37. The maximum atomic E-state index is 11.7. The molecule has 0 saturated carbocycles. The molecule has 4 nitrogen and oxygen atoms in total. The van der Waals surface area contributed by atoms with Crippen molar-refractivity contribution in [1.82, 2.24) is 5.32 Å². The number of carbonyl (C=O) groups is 1. The van der Waals surface area contributed by atoms with Crippen LogP contribution in [0.4, 0.5) is 5.69 Å². The van der Waals surface area contributed by atoms with Crippen LogP contribution in [0, 0.1) is 12.8 Å². The molecule has 0 aliphatic rings. The Balaban J connectivity index is 2.46. The van der Waals surface area contributed by atoms with Gasteiger partial charge in [-0.15, -0.1) is 11.3 Å². The second-order valence-corrected chi connectivity index (χ2v) is 5.15. The minimum Gasteiger partial charge on any atom is -0.398 e. The predicted molar refractivity (Wildman–Crippen MR) is 66.8 cm³/mol. The maximum absolute atomic E-state index is 11.7. The van der Waals surface area contributed by atoms with Crippen molar-refractivity contribution in [3.63, 3.8) is 0 Å². The summed E-state index contributed by atoms with van der Waals surface area (Å²) < 4.78 is 5.00. The second-order valence-electron chi connectivity index (χ2n) is 3.89. The van der Waals surface area contributed by atoms with Crippen LogP contribution in [0.25, 0.3) is 0 Å². The van der Waals surface area contributed by atoms with Crippen molar-refractivity contribution in [1.29, 1.82) is 0 Å². The van der Waals surface area contributed by atoms with Gasteiger partial charge in [0.25, 0.3) is 5.91 Å². The Bertz CT molecular complexity index is 343. The molecule has 3 N–H and O–H groups in total. The highest BCUT2D eigenvalue weighted by Crippen LogP contribution is 2.23. The number of nitrogens with one attached hydrogen (secondary N) is 1. The largest absolute Gasteiger partial charge is 0.398 e. The minimum absolute atomic E-state index is 0.0623. The van der Waals surface area contributed by atoms with E-state index in [2.05, 4.69) is 5.32 Å². The molecule has 1 atom stereocenters. The quantitative estimate of drug-likeness (QED) is 0.825. The van der Waals surface area contributed by atoms with E-state index in [-0.39, 0.29) is 5.91 Å². The lowest BCUT2D eigenvalue weighted by molar-refractivity contribution is 0.0938. The van der Waals surface area contributed by atoms with E-state index in [0.29, 0.717) is 29.6 Å². The van der Waals surface area contributed by atoms with Gasteiger partial charge in [0.15, 0.2) is 0 Å². The molecular formula is C11H18N2O2S. The predicted octanol–water partition coefficient (Wildman–Crippen LogP) is 1.65. The number of hydrogen-bond donors (Lipinski definition) is 2. The molecule has 0 aromatic carbocycles. The van der Waals surface area contributed by atoms with Crippen LogP contribution in [0.1, 0.15) is 21.5 Å². The van der Waals surface area contributed by atoms with Crippen LogP contribution in [-0.4, -0.2) is 26.2 Å². The van der Waals surface area contributed by atoms with Crippen molar-refractivity contribution in [3.05, 3.63) is 15.8 Å². The fraction of sp³-hybridized carbons (Fsp3) is 0.545. The first-order valence-electron chi connectivity index (χ1n) is 5.17. The summed E-state index contributed by atoms with van der Waals surface area (Å²) >= 11 is 1.42. The van der Waals surface area contributed by atoms with Crippen LogP contribution in [-0.2, 0) is 4.74 Å². The average Bonchev–Trinajstić information content (AvgIpc) is 2.56. The molecule has 0 aliphatic carbocycles. The number of carbonyl (C=O) groups excluding carboxylic acids is 1. The van der Waals surface area contributed by atoms with Crippen LogP contribution < -0.4 is 11.1 Å². The molecule has 1 aromatic rings. The standard InChI is InChI=1S/C11H18N2O2S/c1-7(6-15-3)5-13-11(14)10-4-9(12)8(2)16-10/h4,7H,5-6,12H2,1-3H3,(H,13,14). The number of methoxy groups -OCH3 is 1. The summed E-state index contributed by atoms with van der Waals surface area (Å²) in [5, 5.41) is 2.86. The first kappa shape index (κ1) is 13.0. The third-order valence-electron chi connectivity index (χ3n) is 2.24. The third kappa shape index (κ3) is 3.50. The van der Waals surface area contributed by atoms with E-state index >= 15 is 0 Å². The van der Waals surface area contributed by atoms with Crippen molar-refractivity contribution in [2.45, 2.75) is 13.8 Å². The molecule has 90 valence electrons. The Labute approximate surface area is 99.8 Å². The summed E-state index contributed by atoms with van der Waals surface area (Å²) in [4.78, 5) is 13.4. The zero-order chi connectivity index (χ0) is 12.1. The molecular weight excluding hydrogens is 224 g/mol. The van der Waals surface area contributed by atoms with Gasteiger partial charge in [-0.25, -0.2) is 0 Å². The van der Waals surface area contributed by atoms with Gasteiger partial charge in [-0.2, -0.15) is 0 Å². The number of rotatable bonds is 5. The van der Waals surface area contributed by atoms with Gasteiger partial charge >= 0.3 is 0 Å². The topological polar surface area (TPSA) is 64.3 Å².